The van der Waals surface area contributed by atoms with Crippen LogP contribution in [0.4, 0.5) is 5.69 Å². The third-order valence-electron chi connectivity index (χ3n) is 5.46. The Labute approximate surface area is 196 Å². The summed E-state index contributed by atoms with van der Waals surface area (Å²) in [5, 5.41) is 2.59. The molecule has 0 aliphatic carbocycles. The Bertz CT molecular complexity index is 1050. The summed E-state index contributed by atoms with van der Waals surface area (Å²) in [6.07, 6.45) is 1.58. The molecule has 0 radical (unpaired) electrons. The SMILES string of the molecule is CNC(=O)[C@@H](C)N(Cc1ccc(OC)cc1)C(=O)CCCN(c1ccccc1C)S(C)(=O)=O. The van der Waals surface area contributed by atoms with Gasteiger partial charge in [0, 0.05) is 26.6 Å². The number of hydrogen-bond acceptors (Lipinski definition) is 5. The number of carbonyl (C=O) groups excluding carboxylic acids is 2. The van der Waals surface area contributed by atoms with E-state index in [0.717, 1.165) is 17.4 Å². The number of nitrogens with zero attached hydrogens (tertiary/aromatic N) is 2. The quantitative estimate of drug-likeness (QED) is 0.539. The lowest BCUT2D eigenvalue weighted by molar-refractivity contribution is -0.140. The van der Waals surface area contributed by atoms with Crippen LogP contribution in [0, 0.1) is 6.92 Å². The van der Waals surface area contributed by atoms with Crippen molar-refractivity contribution in [3.8, 4) is 5.75 Å². The van der Waals surface area contributed by atoms with Gasteiger partial charge in [0.1, 0.15) is 11.8 Å². The average molecular weight is 476 g/mol. The first-order valence-electron chi connectivity index (χ1n) is 10.8. The Balaban J connectivity index is 2.15. The molecule has 0 fully saturated rings. The number of amides is 2. The molecule has 2 rings (SSSR count). The van der Waals surface area contributed by atoms with Crippen molar-refractivity contribution in [1.29, 1.82) is 0 Å². The summed E-state index contributed by atoms with van der Waals surface area (Å²) in [7, 11) is -0.408. The van der Waals surface area contributed by atoms with Gasteiger partial charge in [-0.1, -0.05) is 30.3 Å². The van der Waals surface area contributed by atoms with E-state index in [-0.39, 0.29) is 31.3 Å². The van der Waals surface area contributed by atoms with E-state index in [9.17, 15) is 18.0 Å². The minimum atomic E-state index is -3.52. The second kappa shape index (κ2) is 11.7. The zero-order valence-electron chi connectivity index (χ0n) is 19.9. The van der Waals surface area contributed by atoms with Crippen LogP contribution >= 0.6 is 0 Å². The highest BCUT2D eigenvalue weighted by Gasteiger charge is 2.26. The summed E-state index contributed by atoms with van der Waals surface area (Å²) in [6.45, 7) is 3.95. The zero-order valence-corrected chi connectivity index (χ0v) is 20.7. The van der Waals surface area contributed by atoms with Crippen molar-refractivity contribution in [3.05, 3.63) is 59.7 Å². The molecule has 2 aromatic carbocycles. The van der Waals surface area contributed by atoms with Gasteiger partial charge in [0.05, 0.1) is 19.1 Å². The number of nitrogens with one attached hydrogen (secondary N) is 1. The maximum absolute atomic E-state index is 13.1. The summed E-state index contributed by atoms with van der Waals surface area (Å²) < 4.78 is 31.3. The highest BCUT2D eigenvalue weighted by molar-refractivity contribution is 7.92. The van der Waals surface area contributed by atoms with Crippen LogP contribution in [0.1, 0.15) is 30.9 Å². The summed E-state index contributed by atoms with van der Waals surface area (Å²) in [5.74, 6) is 0.211. The van der Waals surface area contributed by atoms with E-state index < -0.39 is 16.1 Å². The lowest BCUT2D eigenvalue weighted by atomic mass is 10.1. The standard InChI is InChI=1S/C24H33N3O5S/c1-18-9-6-7-10-22(18)27(33(5,30)31)16-8-11-23(28)26(19(2)24(29)25-3)17-20-12-14-21(32-4)15-13-20/h6-7,9-10,12-15,19H,8,11,16-17H2,1-5H3,(H,25,29)/t19-/m1/s1. The number of anilines is 1. The van der Waals surface area contributed by atoms with Crippen molar-refractivity contribution < 1.29 is 22.7 Å². The van der Waals surface area contributed by atoms with Crippen LogP contribution in [-0.4, -0.2) is 58.1 Å². The van der Waals surface area contributed by atoms with Crippen LogP contribution in [0.5, 0.6) is 5.75 Å². The van der Waals surface area contributed by atoms with Crippen LogP contribution in [0.3, 0.4) is 0 Å². The third-order valence-corrected chi connectivity index (χ3v) is 6.64. The maximum Gasteiger partial charge on any atom is 0.242 e. The molecular weight excluding hydrogens is 442 g/mol. The van der Waals surface area contributed by atoms with Crippen molar-refractivity contribution in [3.63, 3.8) is 0 Å². The molecule has 9 heteroatoms. The van der Waals surface area contributed by atoms with Gasteiger partial charge in [0.25, 0.3) is 0 Å². The van der Waals surface area contributed by atoms with E-state index in [1.807, 2.05) is 31.2 Å². The van der Waals surface area contributed by atoms with Gasteiger partial charge in [0.15, 0.2) is 0 Å². The third kappa shape index (κ3) is 7.21. The van der Waals surface area contributed by atoms with Gasteiger partial charge in [-0.2, -0.15) is 0 Å². The second-order valence-corrected chi connectivity index (χ2v) is 9.79. The van der Waals surface area contributed by atoms with Crippen LogP contribution in [0.2, 0.25) is 0 Å². The van der Waals surface area contributed by atoms with Crippen molar-refractivity contribution in [1.82, 2.24) is 10.2 Å². The van der Waals surface area contributed by atoms with E-state index in [1.54, 1.807) is 38.3 Å². The molecule has 2 amide bonds. The van der Waals surface area contributed by atoms with E-state index in [4.69, 9.17) is 4.74 Å². The topological polar surface area (TPSA) is 96.0 Å². The number of ether oxygens (including phenoxy) is 1. The monoisotopic (exact) mass is 475 g/mol. The fourth-order valence-corrected chi connectivity index (χ4v) is 4.57. The normalized spacial score (nSPS) is 12.0. The van der Waals surface area contributed by atoms with Crippen molar-refractivity contribution in [2.24, 2.45) is 0 Å². The largest absolute Gasteiger partial charge is 0.497 e. The molecule has 8 nitrogen and oxygen atoms in total. The minimum Gasteiger partial charge on any atom is -0.497 e. The number of aryl methyl sites for hydroxylation is 1. The van der Waals surface area contributed by atoms with Gasteiger partial charge < -0.3 is 15.0 Å². The Hall–Kier alpha value is -3.07. The highest BCUT2D eigenvalue weighted by Crippen LogP contribution is 2.23. The molecule has 33 heavy (non-hydrogen) atoms. The molecule has 0 heterocycles. The van der Waals surface area contributed by atoms with Gasteiger partial charge in [-0.25, -0.2) is 8.42 Å². The fourth-order valence-electron chi connectivity index (χ4n) is 3.54. The van der Waals surface area contributed by atoms with E-state index in [1.165, 1.54) is 16.3 Å². The molecule has 0 saturated carbocycles. The molecule has 2 aromatic rings. The summed E-state index contributed by atoms with van der Waals surface area (Å²) in [6, 6.07) is 13.9. The number of rotatable bonds is 11. The summed E-state index contributed by atoms with van der Waals surface area (Å²) >= 11 is 0. The first kappa shape index (κ1) is 26.2. The van der Waals surface area contributed by atoms with Gasteiger partial charge in [-0.15, -0.1) is 0 Å². The molecule has 0 unspecified atom stereocenters. The summed E-state index contributed by atoms with van der Waals surface area (Å²) in [5.41, 5.74) is 2.29. The van der Waals surface area contributed by atoms with Crippen LogP contribution in [0.15, 0.2) is 48.5 Å². The Kier molecular flexibility index (Phi) is 9.28. The van der Waals surface area contributed by atoms with Gasteiger partial charge in [0.2, 0.25) is 21.8 Å². The van der Waals surface area contributed by atoms with Crippen LogP contribution < -0.4 is 14.4 Å². The molecular formula is C24H33N3O5S. The number of para-hydroxylation sites is 1. The average Bonchev–Trinajstić information content (AvgIpc) is 2.79. The number of sulfonamides is 1. The first-order valence-corrected chi connectivity index (χ1v) is 12.6. The molecule has 0 aromatic heterocycles. The molecule has 0 bridgehead atoms. The predicted molar refractivity (Wildman–Crippen MR) is 130 cm³/mol. The van der Waals surface area contributed by atoms with E-state index >= 15 is 0 Å². The Morgan fingerprint density at radius 1 is 1.09 bits per heavy atom. The smallest absolute Gasteiger partial charge is 0.242 e. The highest BCUT2D eigenvalue weighted by atomic mass is 32.2. The number of methoxy groups -OCH3 is 1. The second-order valence-electron chi connectivity index (χ2n) is 7.89. The lowest BCUT2D eigenvalue weighted by Gasteiger charge is -2.29. The first-order chi connectivity index (χ1) is 15.6. The Morgan fingerprint density at radius 3 is 2.27 bits per heavy atom. The molecule has 1 N–H and O–H groups in total. The van der Waals surface area contributed by atoms with Crippen molar-refractivity contribution in [2.45, 2.75) is 39.3 Å². The van der Waals surface area contributed by atoms with Gasteiger partial charge in [-0.05, 0) is 49.6 Å². The molecule has 0 saturated heterocycles. The molecule has 180 valence electrons. The van der Waals surface area contributed by atoms with Crippen molar-refractivity contribution in [2.75, 3.05) is 31.3 Å². The van der Waals surface area contributed by atoms with Crippen LogP contribution in [-0.2, 0) is 26.2 Å². The number of hydrogen-bond donors (Lipinski definition) is 1. The molecule has 0 aliphatic rings. The zero-order chi connectivity index (χ0) is 24.6. The lowest BCUT2D eigenvalue weighted by Crippen LogP contribution is -2.46. The minimum absolute atomic E-state index is 0.107. The molecule has 0 aliphatic heterocycles. The summed E-state index contributed by atoms with van der Waals surface area (Å²) in [4.78, 5) is 26.9. The van der Waals surface area contributed by atoms with E-state index in [2.05, 4.69) is 5.32 Å². The van der Waals surface area contributed by atoms with E-state index in [0.29, 0.717) is 17.9 Å². The molecule has 0 spiro atoms. The fraction of sp³-hybridized carbons (Fsp3) is 0.417. The van der Waals surface area contributed by atoms with Crippen molar-refractivity contribution >= 4 is 27.5 Å². The van der Waals surface area contributed by atoms with Gasteiger partial charge in [-0.3, -0.25) is 13.9 Å². The van der Waals surface area contributed by atoms with Gasteiger partial charge >= 0.3 is 0 Å². The number of benzene rings is 2. The Morgan fingerprint density at radius 2 is 1.73 bits per heavy atom. The number of carbonyl (C=O) groups is 2. The maximum atomic E-state index is 13.1. The number of likely N-dealkylation sites (N-methyl/N-ethyl adjacent to an activating group) is 1. The molecule has 1 atom stereocenters. The van der Waals surface area contributed by atoms with Crippen LogP contribution in [0.25, 0.3) is 0 Å². The predicted octanol–water partition coefficient (Wildman–Crippen LogP) is 2.71.